The number of rotatable bonds is 7. The molecule has 0 radical (unpaired) electrons. The van der Waals surface area contributed by atoms with Gasteiger partial charge in [-0.2, -0.15) is 5.26 Å². The van der Waals surface area contributed by atoms with Gasteiger partial charge in [-0.15, -0.1) is 0 Å². The largest absolute Gasteiger partial charge is 0.460 e. The number of hydrogen-bond acceptors (Lipinski definition) is 7. The number of anilines is 2. The van der Waals surface area contributed by atoms with E-state index >= 15 is 0 Å². The summed E-state index contributed by atoms with van der Waals surface area (Å²) in [6.07, 6.45) is 3.00. The number of halogens is 1. The second-order valence-electron chi connectivity index (χ2n) is 9.85. The van der Waals surface area contributed by atoms with Crippen LogP contribution in [0.1, 0.15) is 24.2 Å². The van der Waals surface area contributed by atoms with E-state index in [1.165, 1.54) is 0 Å². The monoisotopic (exact) mass is 566 g/mol. The van der Waals surface area contributed by atoms with Crippen molar-refractivity contribution in [1.29, 1.82) is 5.26 Å². The van der Waals surface area contributed by atoms with Crippen LogP contribution in [0.2, 0.25) is 5.02 Å². The highest BCUT2D eigenvalue weighted by Crippen LogP contribution is 2.37. The summed E-state index contributed by atoms with van der Waals surface area (Å²) in [7, 11) is 0. The molecule has 1 aliphatic rings. The van der Waals surface area contributed by atoms with E-state index in [0.717, 1.165) is 75.9 Å². The molecule has 2 aromatic heterocycles. The van der Waals surface area contributed by atoms with Gasteiger partial charge in [-0.3, -0.25) is 9.88 Å². The number of aliphatic hydroxyl groups excluding tert-OH is 1. The van der Waals surface area contributed by atoms with Crippen LogP contribution in [0.15, 0.2) is 99.3 Å². The highest BCUT2D eigenvalue weighted by atomic mass is 35.5. The van der Waals surface area contributed by atoms with E-state index in [1.807, 2.05) is 78.9 Å². The molecule has 40 heavy (non-hydrogen) atoms. The van der Waals surface area contributed by atoms with Crippen LogP contribution in [0.25, 0.3) is 22.2 Å². The molecule has 8 heteroatoms. The van der Waals surface area contributed by atoms with Crippen LogP contribution in [0, 0.1) is 11.3 Å². The molecular weight excluding hydrogens is 540 g/mol. The lowest BCUT2D eigenvalue weighted by molar-refractivity contribution is 0.0761. The van der Waals surface area contributed by atoms with E-state index in [1.54, 1.807) is 18.0 Å². The summed E-state index contributed by atoms with van der Waals surface area (Å²) >= 11 is 8.24. The van der Waals surface area contributed by atoms with Gasteiger partial charge in [0.05, 0.1) is 34.4 Å². The molecule has 0 saturated carbocycles. The van der Waals surface area contributed by atoms with Gasteiger partial charge in [0.15, 0.2) is 0 Å². The van der Waals surface area contributed by atoms with Gasteiger partial charge in [-0.05, 0) is 67.4 Å². The predicted molar refractivity (Wildman–Crippen MR) is 160 cm³/mol. The van der Waals surface area contributed by atoms with E-state index in [2.05, 4.69) is 21.3 Å². The molecule has 0 bridgehead atoms. The summed E-state index contributed by atoms with van der Waals surface area (Å²) in [6.45, 7) is 2.46. The highest BCUT2D eigenvalue weighted by molar-refractivity contribution is 7.99. The molecule has 6 rings (SSSR count). The minimum Gasteiger partial charge on any atom is -0.460 e. The number of piperidine rings is 1. The Balaban J connectivity index is 1.23. The molecule has 1 fully saturated rings. The summed E-state index contributed by atoms with van der Waals surface area (Å²) in [5.74, 6) is 1.67. The Morgan fingerprint density at radius 3 is 2.65 bits per heavy atom. The topological polar surface area (TPSA) is 85.3 Å². The standard InChI is InChI=1S/C32H27ClN4O2S/c33-28-17-23(7-11-31(28)40-26-4-2-1-3-5-26)36-32-22(18-34)19-35-29-16-21(6-9-27(29)32)30-10-8-25(39-30)20-37-14-12-24(38)13-15-37/h1-11,16-17,19,24,38H,12-15,20H2,(H,35,36). The van der Waals surface area contributed by atoms with Crippen LogP contribution in [0.4, 0.5) is 11.4 Å². The number of benzene rings is 3. The molecule has 2 N–H and O–H groups in total. The van der Waals surface area contributed by atoms with Crippen LogP contribution in [0.3, 0.4) is 0 Å². The van der Waals surface area contributed by atoms with E-state index in [4.69, 9.17) is 16.0 Å². The third kappa shape index (κ3) is 5.86. The summed E-state index contributed by atoms with van der Waals surface area (Å²) in [4.78, 5) is 8.94. The zero-order valence-electron chi connectivity index (χ0n) is 21.7. The van der Waals surface area contributed by atoms with Crippen molar-refractivity contribution in [3.8, 4) is 17.4 Å². The van der Waals surface area contributed by atoms with Crippen molar-refractivity contribution in [2.24, 2.45) is 0 Å². The lowest BCUT2D eigenvalue weighted by atomic mass is 10.1. The lowest BCUT2D eigenvalue weighted by Gasteiger charge is -2.28. The first-order valence-corrected chi connectivity index (χ1v) is 14.4. The number of nitriles is 1. The van der Waals surface area contributed by atoms with Crippen molar-refractivity contribution in [3.05, 3.63) is 101 Å². The van der Waals surface area contributed by atoms with Crippen molar-refractivity contribution < 1.29 is 9.52 Å². The quantitative estimate of drug-likeness (QED) is 0.207. The van der Waals surface area contributed by atoms with E-state index in [0.29, 0.717) is 16.3 Å². The molecule has 0 amide bonds. The van der Waals surface area contributed by atoms with Gasteiger partial charge >= 0.3 is 0 Å². The summed E-state index contributed by atoms with van der Waals surface area (Å²) in [5, 5.41) is 24.4. The molecule has 6 nitrogen and oxygen atoms in total. The molecule has 0 spiro atoms. The van der Waals surface area contributed by atoms with Gasteiger partial charge in [0, 0.05) is 45.7 Å². The molecule has 0 aliphatic carbocycles. The minimum absolute atomic E-state index is 0.190. The number of nitrogens with one attached hydrogen (secondary N) is 1. The maximum Gasteiger partial charge on any atom is 0.134 e. The molecule has 3 heterocycles. The molecule has 0 atom stereocenters. The van der Waals surface area contributed by atoms with Crippen molar-refractivity contribution in [1.82, 2.24) is 9.88 Å². The van der Waals surface area contributed by atoms with Crippen molar-refractivity contribution in [3.63, 3.8) is 0 Å². The summed E-state index contributed by atoms with van der Waals surface area (Å²) in [6, 6.07) is 28.1. The number of pyridine rings is 1. The smallest absolute Gasteiger partial charge is 0.134 e. The van der Waals surface area contributed by atoms with Crippen LogP contribution in [-0.2, 0) is 6.54 Å². The maximum absolute atomic E-state index is 9.81. The Bertz CT molecular complexity index is 1690. The Hall–Kier alpha value is -3.80. The zero-order chi connectivity index (χ0) is 27.5. The fourth-order valence-corrected chi connectivity index (χ4v) is 6.04. The third-order valence-electron chi connectivity index (χ3n) is 7.04. The van der Waals surface area contributed by atoms with E-state index in [-0.39, 0.29) is 6.10 Å². The van der Waals surface area contributed by atoms with Crippen LogP contribution in [0.5, 0.6) is 0 Å². The second-order valence-corrected chi connectivity index (χ2v) is 11.4. The highest BCUT2D eigenvalue weighted by Gasteiger charge is 2.19. The van der Waals surface area contributed by atoms with Crippen LogP contribution < -0.4 is 5.32 Å². The zero-order valence-corrected chi connectivity index (χ0v) is 23.3. The molecular formula is C32H27ClN4O2S. The molecule has 200 valence electrons. The Labute approximate surface area is 242 Å². The van der Waals surface area contributed by atoms with Gasteiger partial charge in [0.1, 0.15) is 17.6 Å². The van der Waals surface area contributed by atoms with Gasteiger partial charge in [0.2, 0.25) is 0 Å². The molecule has 0 unspecified atom stereocenters. The van der Waals surface area contributed by atoms with Crippen LogP contribution >= 0.6 is 23.4 Å². The van der Waals surface area contributed by atoms with Gasteiger partial charge in [-0.1, -0.05) is 47.6 Å². The fraction of sp³-hybridized carbons (Fsp3) is 0.188. The number of furan rings is 1. The number of likely N-dealkylation sites (tertiary alicyclic amines) is 1. The first-order chi connectivity index (χ1) is 19.6. The van der Waals surface area contributed by atoms with Crippen molar-refractivity contribution in [2.45, 2.75) is 35.3 Å². The number of fused-ring (bicyclic) bond motifs is 1. The second kappa shape index (κ2) is 11.7. The number of aromatic nitrogens is 1. The SMILES string of the molecule is N#Cc1cnc2cc(-c3ccc(CN4CCC(O)CC4)o3)ccc2c1Nc1ccc(Sc2ccccc2)c(Cl)c1. The Morgan fingerprint density at radius 2 is 1.88 bits per heavy atom. The van der Waals surface area contributed by atoms with Crippen LogP contribution in [-0.4, -0.2) is 34.2 Å². The first-order valence-electron chi connectivity index (χ1n) is 13.2. The normalized spacial score (nSPS) is 14.3. The summed E-state index contributed by atoms with van der Waals surface area (Å²) < 4.78 is 6.17. The fourth-order valence-electron chi connectivity index (χ4n) is 4.90. The Morgan fingerprint density at radius 1 is 1.05 bits per heavy atom. The maximum atomic E-state index is 9.81. The molecule has 5 aromatic rings. The first kappa shape index (κ1) is 26.4. The van der Waals surface area contributed by atoms with Crippen molar-refractivity contribution >= 4 is 45.6 Å². The average molecular weight is 567 g/mol. The number of aliphatic hydroxyl groups is 1. The molecule has 1 aliphatic heterocycles. The predicted octanol–water partition coefficient (Wildman–Crippen LogP) is 7.87. The minimum atomic E-state index is -0.190. The number of nitrogens with zero attached hydrogens (tertiary/aromatic N) is 3. The van der Waals surface area contributed by atoms with Gasteiger partial charge in [0.25, 0.3) is 0 Å². The van der Waals surface area contributed by atoms with E-state index in [9.17, 15) is 10.4 Å². The third-order valence-corrected chi connectivity index (χ3v) is 8.55. The Kier molecular flexibility index (Phi) is 7.76. The van der Waals surface area contributed by atoms with Gasteiger partial charge < -0.3 is 14.8 Å². The molecule has 1 saturated heterocycles. The van der Waals surface area contributed by atoms with E-state index < -0.39 is 0 Å². The number of hydrogen-bond donors (Lipinski definition) is 2. The average Bonchev–Trinajstić information content (AvgIpc) is 3.45. The van der Waals surface area contributed by atoms with Gasteiger partial charge in [-0.25, -0.2) is 0 Å². The summed E-state index contributed by atoms with van der Waals surface area (Å²) in [5.41, 5.74) is 3.60. The lowest BCUT2D eigenvalue weighted by Crippen LogP contribution is -2.35. The van der Waals surface area contributed by atoms with Crippen molar-refractivity contribution in [2.75, 3.05) is 18.4 Å². The molecule has 3 aromatic carbocycles.